The van der Waals surface area contributed by atoms with E-state index in [1.165, 1.54) is 0 Å². The SMILES string of the molecule is CCNCC(=O)NC(C)c1nncn1C. The summed E-state index contributed by atoms with van der Waals surface area (Å²) >= 11 is 0. The highest BCUT2D eigenvalue weighted by atomic mass is 16.2. The summed E-state index contributed by atoms with van der Waals surface area (Å²) in [6.45, 7) is 4.96. The van der Waals surface area contributed by atoms with E-state index < -0.39 is 0 Å². The smallest absolute Gasteiger partial charge is 0.234 e. The first-order chi connectivity index (χ1) is 7.15. The minimum atomic E-state index is -0.122. The van der Waals surface area contributed by atoms with Crippen LogP contribution in [0, 0.1) is 0 Å². The van der Waals surface area contributed by atoms with Crippen LogP contribution in [0.1, 0.15) is 25.7 Å². The number of nitrogens with one attached hydrogen (secondary N) is 2. The Labute approximate surface area is 89.1 Å². The average Bonchev–Trinajstić information content (AvgIpc) is 2.61. The van der Waals surface area contributed by atoms with Crippen LogP contribution < -0.4 is 10.6 Å². The number of hydrogen-bond donors (Lipinski definition) is 2. The summed E-state index contributed by atoms with van der Waals surface area (Å²) in [6, 6.07) is -0.122. The summed E-state index contributed by atoms with van der Waals surface area (Å²) in [5, 5.41) is 13.5. The second-order valence-electron chi connectivity index (χ2n) is 3.37. The molecule has 0 fully saturated rings. The molecule has 0 aliphatic heterocycles. The maximum absolute atomic E-state index is 11.4. The number of aromatic nitrogens is 3. The molecule has 0 aliphatic rings. The summed E-state index contributed by atoms with van der Waals surface area (Å²) in [5.74, 6) is 0.715. The van der Waals surface area contributed by atoms with E-state index in [2.05, 4.69) is 20.8 Å². The van der Waals surface area contributed by atoms with E-state index in [4.69, 9.17) is 0 Å². The van der Waals surface area contributed by atoms with Gasteiger partial charge in [-0.25, -0.2) is 0 Å². The Balaban J connectivity index is 2.45. The number of nitrogens with zero attached hydrogens (tertiary/aromatic N) is 3. The topological polar surface area (TPSA) is 71.8 Å². The molecule has 15 heavy (non-hydrogen) atoms. The van der Waals surface area contributed by atoms with Gasteiger partial charge in [0.25, 0.3) is 0 Å². The lowest BCUT2D eigenvalue weighted by Gasteiger charge is -2.12. The Morgan fingerprint density at radius 1 is 1.67 bits per heavy atom. The lowest BCUT2D eigenvalue weighted by molar-refractivity contribution is -0.120. The van der Waals surface area contributed by atoms with Gasteiger partial charge in [0.15, 0.2) is 5.82 Å². The van der Waals surface area contributed by atoms with E-state index in [1.807, 2.05) is 20.9 Å². The lowest BCUT2D eigenvalue weighted by atomic mass is 10.3. The van der Waals surface area contributed by atoms with E-state index in [0.29, 0.717) is 6.54 Å². The fourth-order valence-electron chi connectivity index (χ4n) is 1.28. The fourth-order valence-corrected chi connectivity index (χ4v) is 1.28. The number of rotatable bonds is 5. The molecule has 0 saturated heterocycles. The van der Waals surface area contributed by atoms with Crippen molar-refractivity contribution in [2.45, 2.75) is 19.9 Å². The molecule has 0 radical (unpaired) electrons. The second kappa shape index (κ2) is 5.45. The van der Waals surface area contributed by atoms with Gasteiger partial charge in [0.05, 0.1) is 12.6 Å². The van der Waals surface area contributed by atoms with Gasteiger partial charge in [0, 0.05) is 7.05 Å². The van der Waals surface area contributed by atoms with E-state index in [9.17, 15) is 4.79 Å². The molecule has 1 aromatic heterocycles. The zero-order valence-electron chi connectivity index (χ0n) is 9.32. The number of aryl methyl sites for hydroxylation is 1. The predicted molar refractivity (Wildman–Crippen MR) is 56.1 cm³/mol. The number of hydrogen-bond acceptors (Lipinski definition) is 4. The van der Waals surface area contributed by atoms with Crippen LogP contribution in [-0.4, -0.2) is 33.8 Å². The van der Waals surface area contributed by atoms with Crippen LogP contribution in [0.15, 0.2) is 6.33 Å². The number of carbonyl (C=O) groups excluding carboxylic acids is 1. The monoisotopic (exact) mass is 211 g/mol. The van der Waals surface area contributed by atoms with Crippen LogP contribution in [0.5, 0.6) is 0 Å². The van der Waals surface area contributed by atoms with Crippen molar-refractivity contribution in [1.82, 2.24) is 25.4 Å². The van der Waals surface area contributed by atoms with Gasteiger partial charge in [0.1, 0.15) is 6.33 Å². The van der Waals surface area contributed by atoms with Gasteiger partial charge >= 0.3 is 0 Å². The largest absolute Gasteiger partial charge is 0.345 e. The molecule has 0 spiro atoms. The van der Waals surface area contributed by atoms with E-state index in [-0.39, 0.29) is 11.9 Å². The average molecular weight is 211 g/mol. The van der Waals surface area contributed by atoms with E-state index in [1.54, 1.807) is 10.9 Å². The van der Waals surface area contributed by atoms with Gasteiger partial charge in [-0.3, -0.25) is 4.79 Å². The molecule has 1 atom stereocenters. The van der Waals surface area contributed by atoms with Crippen LogP contribution in [0.2, 0.25) is 0 Å². The van der Waals surface area contributed by atoms with Gasteiger partial charge in [-0.2, -0.15) is 0 Å². The van der Waals surface area contributed by atoms with Crippen molar-refractivity contribution in [3.8, 4) is 0 Å². The molecule has 6 nitrogen and oxygen atoms in total. The van der Waals surface area contributed by atoms with E-state index >= 15 is 0 Å². The Bertz CT molecular complexity index is 322. The summed E-state index contributed by atoms with van der Waals surface area (Å²) in [7, 11) is 1.85. The Morgan fingerprint density at radius 3 is 2.93 bits per heavy atom. The maximum Gasteiger partial charge on any atom is 0.234 e. The first-order valence-corrected chi connectivity index (χ1v) is 4.99. The summed E-state index contributed by atoms with van der Waals surface area (Å²) in [4.78, 5) is 11.4. The number of likely N-dealkylation sites (N-methyl/N-ethyl adjacent to an activating group) is 1. The number of amides is 1. The van der Waals surface area contributed by atoms with Crippen molar-refractivity contribution >= 4 is 5.91 Å². The Morgan fingerprint density at radius 2 is 2.40 bits per heavy atom. The van der Waals surface area contributed by atoms with Crippen LogP contribution in [-0.2, 0) is 11.8 Å². The molecule has 2 N–H and O–H groups in total. The summed E-state index contributed by atoms with van der Waals surface area (Å²) < 4.78 is 1.79. The Kier molecular flexibility index (Phi) is 4.23. The van der Waals surface area contributed by atoms with Gasteiger partial charge in [-0.05, 0) is 13.5 Å². The molecule has 1 amide bonds. The van der Waals surface area contributed by atoms with Crippen LogP contribution in [0.4, 0.5) is 0 Å². The molecular formula is C9H17N5O. The van der Waals surface area contributed by atoms with Gasteiger partial charge in [-0.15, -0.1) is 10.2 Å². The summed E-state index contributed by atoms with van der Waals surface area (Å²) in [6.07, 6.45) is 1.61. The van der Waals surface area contributed by atoms with Crippen molar-refractivity contribution in [3.05, 3.63) is 12.2 Å². The third-order valence-electron chi connectivity index (χ3n) is 2.05. The minimum absolute atomic E-state index is 0.0349. The van der Waals surface area contributed by atoms with Crippen LogP contribution >= 0.6 is 0 Å². The standard InChI is InChI=1S/C9H17N5O/c1-4-10-5-8(15)12-7(2)9-13-11-6-14(9)3/h6-7,10H,4-5H2,1-3H3,(H,12,15). The van der Waals surface area contributed by atoms with Crippen molar-refractivity contribution < 1.29 is 4.79 Å². The second-order valence-corrected chi connectivity index (χ2v) is 3.37. The third kappa shape index (κ3) is 3.32. The van der Waals surface area contributed by atoms with Gasteiger partial charge in [-0.1, -0.05) is 6.92 Å². The van der Waals surface area contributed by atoms with E-state index in [0.717, 1.165) is 12.4 Å². The highest BCUT2D eigenvalue weighted by molar-refractivity contribution is 5.78. The van der Waals surface area contributed by atoms with Crippen LogP contribution in [0.25, 0.3) is 0 Å². The molecular weight excluding hydrogens is 194 g/mol. The van der Waals surface area contributed by atoms with Crippen LogP contribution in [0.3, 0.4) is 0 Å². The first kappa shape index (κ1) is 11.6. The lowest BCUT2D eigenvalue weighted by Crippen LogP contribution is -2.36. The first-order valence-electron chi connectivity index (χ1n) is 4.99. The molecule has 0 aliphatic carbocycles. The highest BCUT2D eigenvalue weighted by Gasteiger charge is 2.13. The molecule has 84 valence electrons. The molecule has 1 heterocycles. The van der Waals surface area contributed by atoms with Gasteiger partial charge < -0.3 is 15.2 Å². The molecule has 6 heteroatoms. The Hall–Kier alpha value is -1.43. The normalized spacial score (nSPS) is 12.5. The molecule has 0 saturated carbocycles. The number of carbonyl (C=O) groups is 1. The fraction of sp³-hybridized carbons (Fsp3) is 0.667. The van der Waals surface area contributed by atoms with Gasteiger partial charge in [0.2, 0.25) is 5.91 Å². The van der Waals surface area contributed by atoms with Crippen molar-refractivity contribution in [2.24, 2.45) is 7.05 Å². The van der Waals surface area contributed by atoms with Crippen molar-refractivity contribution in [1.29, 1.82) is 0 Å². The maximum atomic E-state index is 11.4. The molecule has 1 rings (SSSR count). The zero-order valence-corrected chi connectivity index (χ0v) is 9.32. The zero-order chi connectivity index (χ0) is 11.3. The third-order valence-corrected chi connectivity index (χ3v) is 2.05. The highest BCUT2D eigenvalue weighted by Crippen LogP contribution is 2.05. The quantitative estimate of drug-likeness (QED) is 0.695. The minimum Gasteiger partial charge on any atom is -0.345 e. The molecule has 1 unspecified atom stereocenters. The molecule has 0 bridgehead atoms. The van der Waals surface area contributed by atoms with Crippen molar-refractivity contribution in [3.63, 3.8) is 0 Å². The summed E-state index contributed by atoms with van der Waals surface area (Å²) in [5.41, 5.74) is 0. The molecule has 0 aromatic carbocycles. The predicted octanol–water partition coefficient (Wildman–Crippen LogP) is -0.398. The van der Waals surface area contributed by atoms with Crippen molar-refractivity contribution in [2.75, 3.05) is 13.1 Å². The molecule has 1 aromatic rings.